The Hall–Kier alpha value is -1.91. The molecule has 0 amide bonds. The lowest BCUT2D eigenvalue weighted by Gasteiger charge is -2.14. The monoisotopic (exact) mass is 203 g/mol. The van der Waals surface area contributed by atoms with E-state index in [-0.39, 0.29) is 0 Å². The van der Waals surface area contributed by atoms with Crippen LogP contribution in [0.25, 0.3) is 11.2 Å². The first-order valence-corrected chi connectivity index (χ1v) is 4.68. The van der Waals surface area contributed by atoms with E-state index in [0.717, 1.165) is 16.9 Å². The second-order valence-electron chi connectivity index (χ2n) is 3.55. The lowest BCUT2D eigenvalue weighted by molar-refractivity contribution is 0.460. The van der Waals surface area contributed by atoms with E-state index in [1.165, 1.54) is 0 Å². The molecule has 0 saturated heterocycles. The fourth-order valence-electron chi connectivity index (χ4n) is 1.23. The molecule has 0 N–H and O–H groups in total. The molecule has 0 radical (unpaired) electrons. The molecule has 2 aromatic heterocycles. The van der Waals surface area contributed by atoms with E-state index < -0.39 is 0 Å². The lowest BCUT2D eigenvalue weighted by Crippen LogP contribution is -2.16. The Morgan fingerprint density at radius 3 is 3.07 bits per heavy atom. The van der Waals surface area contributed by atoms with Crippen LogP contribution >= 0.6 is 0 Å². The SMILES string of the molecule is C=C(Cn1nnc2cccnc21)N(C)C. The van der Waals surface area contributed by atoms with Crippen LogP contribution in [0.15, 0.2) is 30.6 Å². The van der Waals surface area contributed by atoms with Gasteiger partial charge >= 0.3 is 0 Å². The summed E-state index contributed by atoms with van der Waals surface area (Å²) in [6.07, 6.45) is 1.74. The van der Waals surface area contributed by atoms with Gasteiger partial charge in [-0.15, -0.1) is 5.10 Å². The molecular weight excluding hydrogens is 190 g/mol. The molecule has 0 unspecified atom stereocenters. The summed E-state index contributed by atoms with van der Waals surface area (Å²) >= 11 is 0. The van der Waals surface area contributed by atoms with Crippen LogP contribution in [0, 0.1) is 0 Å². The minimum Gasteiger partial charge on any atom is -0.380 e. The second kappa shape index (κ2) is 3.68. The fraction of sp³-hybridized carbons (Fsp3) is 0.300. The van der Waals surface area contributed by atoms with Gasteiger partial charge in [-0.25, -0.2) is 9.67 Å². The maximum absolute atomic E-state index is 4.23. The molecule has 0 aliphatic rings. The summed E-state index contributed by atoms with van der Waals surface area (Å²) in [7, 11) is 3.91. The van der Waals surface area contributed by atoms with Crippen LogP contribution in [-0.2, 0) is 6.54 Å². The van der Waals surface area contributed by atoms with E-state index in [9.17, 15) is 0 Å². The summed E-state index contributed by atoms with van der Waals surface area (Å²) in [5.74, 6) is 0. The number of likely N-dealkylation sites (N-methyl/N-ethyl adjacent to an activating group) is 1. The van der Waals surface area contributed by atoms with Crippen molar-refractivity contribution in [3.63, 3.8) is 0 Å². The van der Waals surface area contributed by atoms with Gasteiger partial charge in [-0.3, -0.25) is 0 Å². The van der Waals surface area contributed by atoms with Crippen LogP contribution in [0.2, 0.25) is 0 Å². The van der Waals surface area contributed by atoms with Gasteiger partial charge in [0.25, 0.3) is 0 Å². The van der Waals surface area contributed by atoms with Crippen molar-refractivity contribution in [2.45, 2.75) is 6.54 Å². The predicted octanol–water partition coefficient (Wildman–Crippen LogP) is 0.902. The van der Waals surface area contributed by atoms with Crippen LogP contribution < -0.4 is 0 Å². The quantitative estimate of drug-likeness (QED) is 0.743. The highest BCUT2D eigenvalue weighted by atomic mass is 15.4. The first-order chi connectivity index (χ1) is 7.18. The third kappa shape index (κ3) is 1.81. The van der Waals surface area contributed by atoms with E-state index in [4.69, 9.17) is 0 Å². The molecule has 2 aromatic rings. The van der Waals surface area contributed by atoms with E-state index in [2.05, 4.69) is 21.9 Å². The third-order valence-electron chi connectivity index (χ3n) is 2.24. The molecule has 0 bridgehead atoms. The topological polar surface area (TPSA) is 46.8 Å². The first kappa shape index (κ1) is 9.64. The van der Waals surface area contributed by atoms with Gasteiger partial charge in [0, 0.05) is 26.0 Å². The summed E-state index contributed by atoms with van der Waals surface area (Å²) in [6, 6.07) is 3.74. The van der Waals surface area contributed by atoms with E-state index in [0.29, 0.717) is 6.54 Å². The van der Waals surface area contributed by atoms with Crippen molar-refractivity contribution >= 4 is 11.2 Å². The van der Waals surface area contributed by atoms with Gasteiger partial charge in [0.15, 0.2) is 5.65 Å². The van der Waals surface area contributed by atoms with Gasteiger partial charge in [-0.1, -0.05) is 11.8 Å². The largest absolute Gasteiger partial charge is 0.380 e. The molecule has 0 fully saturated rings. The molecule has 0 aromatic carbocycles. The molecule has 2 rings (SSSR count). The maximum Gasteiger partial charge on any atom is 0.178 e. The molecule has 0 atom stereocenters. The second-order valence-corrected chi connectivity index (χ2v) is 3.55. The third-order valence-corrected chi connectivity index (χ3v) is 2.24. The van der Waals surface area contributed by atoms with Crippen LogP contribution in [0.5, 0.6) is 0 Å². The zero-order chi connectivity index (χ0) is 10.8. The highest BCUT2D eigenvalue weighted by Crippen LogP contribution is 2.08. The van der Waals surface area contributed by atoms with Crippen molar-refractivity contribution in [2.24, 2.45) is 0 Å². The molecule has 78 valence electrons. The smallest absolute Gasteiger partial charge is 0.178 e. The van der Waals surface area contributed by atoms with E-state index in [1.807, 2.05) is 31.1 Å². The summed E-state index contributed by atoms with van der Waals surface area (Å²) in [5, 5.41) is 8.06. The Balaban J connectivity index is 2.33. The first-order valence-electron chi connectivity index (χ1n) is 4.68. The van der Waals surface area contributed by atoms with Crippen molar-refractivity contribution in [2.75, 3.05) is 14.1 Å². The summed E-state index contributed by atoms with van der Waals surface area (Å²) in [5.41, 5.74) is 2.57. The van der Waals surface area contributed by atoms with Gasteiger partial charge in [-0.2, -0.15) is 0 Å². The van der Waals surface area contributed by atoms with E-state index in [1.54, 1.807) is 10.9 Å². The van der Waals surface area contributed by atoms with Crippen LogP contribution in [-0.4, -0.2) is 39.0 Å². The Morgan fingerprint density at radius 2 is 2.33 bits per heavy atom. The molecule has 15 heavy (non-hydrogen) atoms. The molecule has 0 aliphatic carbocycles. The summed E-state index contributed by atoms with van der Waals surface area (Å²) < 4.78 is 1.75. The van der Waals surface area contributed by atoms with Crippen LogP contribution in [0.1, 0.15) is 0 Å². The average molecular weight is 203 g/mol. The molecule has 0 aliphatic heterocycles. The van der Waals surface area contributed by atoms with Crippen molar-refractivity contribution in [3.05, 3.63) is 30.6 Å². The molecule has 5 heteroatoms. The minimum atomic E-state index is 0.612. The van der Waals surface area contributed by atoms with E-state index >= 15 is 0 Å². The van der Waals surface area contributed by atoms with Crippen molar-refractivity contribution < 1.29 is 0 Å². The van der Waals surface area contributed by atoms with Crippen LogP contribution in [0.3, 0.4) is 0 Å². The number of fused-ring (bicyclic) bond motifs is 1. The number of aromatic nitrogens is 4. The number of nitrogens with zero attached hydrogens (tertiary/aromatic N) is 5. The number of rotatable bonds is 3. The standard InChI is InChI=1S/C10H13N5/c1-8(14(2)3)7-15-10-9(12-13-15)5-4-6-11-10/h4-6H,1,7H2,2-3H3. The predicted molar refractivity (Wildman–Crippen MR) is 58.2 cm³/mol. The Bertz CT molecular complexity index is 485. The van der Waals surface area contributed by atoms with Crippen molar-refractivity contribution in [3.8, 4) is 0 Å². The van der Waals surface area contributed by atoms with Crippen LogP contribution in [0.4, 0.5) is 0 Å². The highest BCUT2D eigenvalue weighted by molar-refractivity contribution is 5.68. The van der Waals surface area contributed by atoms with Crippen molar-refractivity contribution in [1.82, 2.24) is 24.9 Å². The molecule has 0 saturated carbocycles. The zero-order valence-electron chi connectivity index (χ0n) is 8.88. The number of hydrogen-bond donors (Lipinski definition) is 0. The summed E-state index contributed by atoms with van der Waals surface area (Å²) in [6.45, 7) is 4.56. The molecule has 0 spiro atoms. The normalized spacial score (nSPS) is 10.5. The van der Waals surface area contributed by atoms with Gasteiger partial charge in [0.1, 0.15) is 5.52 Å². The van der Waals surface area contributed by atoms with Gasteiger partial charge < -0.3 is 4.90 Å². The molecule has 2 heterocycles. The Labute approximate surface area is 88.0 Å². The summed E-state index contributed by atoms with van der Waals surface area (Å²) in [4.78, 5) is 6.19. The number of allylic oxidation sites excluding steroid dienone is 1. The van der Waals surface area contributed by atoms with Crippen molar-refractivity contribution in [1.29, 1.82) is 0 Å². The number of pyridine rings is 1. The molecular formula is C10H13N5. The maximum atomic E-state index is 4.23. The highest BCUT2D eigenvalue weighted by Gasteiger charge is 2.06. The van der Waals surface area contributed by atoms with Gasteiger partial charge in [0.05, 0.1) is 6.54 Å². The average Bonchev–Trinajstić information content (AvgIpc) is 2.62. The van der Waals surface area contributed by atoms with Gasteiger partial charge in [0.2, 0.25) is 0 Å². The lowest BCUT2D eigenvalue weighted by atomic mass is 10.4. The fourth-order valence-corrected chi connectivity index (χ4v) is 1.23. The minimum absolute atomic E-state index is 0.612. The zero-order valence-corrected chi connectivity index (χ0v) is 8.88. The number of hydrogen-bond acceptors (Lipinski definition) is 4. The molecule has 5 nitrogen and oxygen atoms in total. The Kier molecular flexibility index (Phi) is 2.37. The van der Waals surface area contributed by atoms with Gasteiger partial charge in [-0.05, 0) is 12.1 Å². The Morgan fingerprint density at radius 1 is 1.53 bits per heavy atom.